The lowest BCUT2D eigenvalue weighted by molar-refractivity contribution is -0.106. The summed E-state index contributed by atoms with van der Waals surface area (Å²) in [6.45, 7) is 14.6. The van der Waals surface area contributed by atoms with Gasteiger partial charge in [0.15, 0.2) is 20.4 Å². The SMILES string of the molecule is C[C@H](C=C(F)C=O)[C@@H](C)O[Si](C)(C)C(C)(C)C. The third kappa shape index (κ3) is 5.13. The normalized spacial score (nSPS) is 17.8. The van der Waals surface area contributed by atoms with Gasteiger partial charge in [0.25, 0.3) is 0 Å². The summed E-state index contributed by atoms with van der Waals surface area (Å²) in [6.07, 6.45) is 1.47. The molecule has 0 heterocycles. The number of rotatable bonds is 5. The Hall–Kier alpha value is -0.483. The second-order valence-electron chi connectivity index (χ2n) is 6.11. The summed E-state index contributed by atoms with van der Waals surface area (Å²) in [5.74, 6) is -0.822. The minimum Gasteiger partial charge on any atom is -0.414 e. The zero-order valence-electron chi connectivity index (χ0n) is 12.0. The molecule has 4 heteroatoms. The minimum absolute atomic E-state index is 0.0819. The third-order valence-corrected chi connectivity index (χ3v) is 8.14. The third-order valence-electron chi connectivity index (χ3n) is 3.56. The van der Waals surface area contributed by atoms with Crippen molar-refractivity contribution in [3.8, 4) is 0 Å². The van der Waals surface area contributed by atoms with E-state index >= 15 is 0 Å². The highest BCUT2D eigenvalue weighted by Gasteiger charge is 2.38. The fourth-order valence-corrected chi connectivity index (χ4v) is 2.67. The smallest absolute Gasteiger partial charge is 0.192 e. The van der Waals surface area contributed by atoms with Crippen LogP contribution in [0.3, 0.4) is 0 Å². The average molecular weight is 260 g/mol. The summed E-state index contributed by atoms with van der Waals surface area (Å²) in [6, 6.07) is 0. The number of hydrogen-bond donors (Lipinski definition) is 0. The first-order valence-electron chi connectivity index (χ1n) is 6.01. The maximum Gasteiger partial charge on any atom is 0.192 e. The maximum atomic E-state index is 12.9. The molecule has 2 nitrogen and oxygen atoms in total. The molecule has 0 aliphatic carbocycles. The van der Waals surface area contributed by atoms with E-state index < -0.39 is 14.1 Å². The Morgan fingerprint density at radius 2 is 1.76 bits per heavy atom. The standard InChI is InChI=1S/C13H25FO2Si/c1-10(8-12(14)9-15)11(2)16-17(6,7)13(3,4)5/h8-11H,1-7H3/t10-,11-/m1/s1. The topological polar surface area (TPSA) is 26.3 Å². The van der Waals surface area contributed by atoms with Crippen LogP contribution in [0.4, 0.5) is 4.39 Å². The van der Waals surface area contributed by atoms with Gasteiger partial charge in [-0.1, -0.05) is 27.7 Å². The van der Waals surface area contributed by atoms with Crippen molar-refractivity contribution in [3.63, 3.8) is 0 Å². The summed E-state index contributed by atoms with van der Waals surface area (Å²) >= 11 is 0. The van der Waals surface area contributed by atoms with Crippen molar-refractivity contribution in [2.75, 3.05) is 0 Å². The van der Waals surface area contributed by atoms with Crippen LogP contribution in [0.1, 0.15) is 34.6 Å². The lowest BCUT2D eigenvalue weighted by Gasteiger charge is -2.39. The monoisotopic (exact) mass is 260 g/mol. The molecule has 17 heavy (non-hydrogen) atoms. The Kier molecular flexibility index (Phi) is 5.74. The molecule has 0 saturated heterocycles. The van der Waals surface area contributed by atoms with Gasteiger partial charge in [0.05, 0.1) is 0 Å². The van der Waals surface area contributed by atoms with Crippen molar-refractivity contribution in [1.82, 2.24) is 0 Å². The maximum absolute atomic E-state index is 12.9. The number of aldehydes is 1. The molecule has 0 N–H and O–H groups in total. The molecule has 0 radical (unpaired) electrons. The van der Waals surface area contributed by atoms with Crippen LogP contribution in [0.2, 0.25) is 18.1 Å². The van der Waals surface area contributed by atoms with Crippen LogP contribution in [0, 0.1) is 5.92 Å². The number of halogens is 1. The van der Waals surface area contributed by atoms with Gasteiger partial charge in [0.1, 0.15) is 0 Å². The van der Waals surface area contributed by atoms with Crippen LogP contribution in [0.5, 0.6) is 0 Å². The molecule has 0 spiro atoms. The second-order valence-corrected chi connectivity index (χ2v) is 10.9. The van der Waals surface area contributed by atoms with Crippen molar-refractivity contribution < 1.29 is 13.6 Å². The van der Waals surface area contributed by atoms with Gasteiger partial charge in [-0.2, -0.15) is 0 Å². The van der Waals surface area contributed by atoms with Crippen LogP contribution in [0.25, 0.3) is 0 Å². The fraction of sp³-hybridized carbons (Fsp3) is 0.769. The highest BCUT2D eigenvalue weighted by molar-refractivity contribution is 6.74. The summed E-state index contributed by atoms with van der Waals surface area (Å²) < 4.78 is 19.0. The lowest BCUT2D eigenvalue weighted by Crippen LogP contribution is -2.44. The summed E-state index contributed by atoms with van der Waals surface area (Å²) in [5.41, 5.74) is 0. The van der Waals surface area contributed by atoms with E-state index in [1.807, 2.05) is 13.8 Å². The van der Waals surface area contributed by atoms with E-state index in [2.05, 4.69) is 33.9 Å². The van der Waals surface area contributed by atoms with Gasteiger partial charge in [0.2, 0.25) is 0 Å². The molecule has 0 fully saturated rings. The van der Waals surface area contributed by atoms with Crippen molar-refractivity contribution >= 4 is 14.6 Å². The molecule has 0 aliphatic rings. The van der Waals surface area contributed by atoms with E-state index in [0.717, 1.165) is 0 Å². The van der Waals surface area contributed by atoms with E-state index in [0.29, 0.717) is 0 Å². The largest absolute Gasteiger partial charge is 0.414 e. The minimum atomic E-state index is -1.83. The highest BCUT2D eigenvalue weighted by atomic mass is 28.4. The van der Waals surface area contributed by atoms with Crippen LogP contribution in [-0.4, -0.2) is 20.7 Å². The quantitative estimate of drug-likeness (QED) is 0.423. The Labute approximate surface area is 105 Å². The second kappa shape index (κ2) is 5.91. The van der Waals surface area contributed by atoms with Crippen LogP contribution in [0.15, 0.2) is 11.9 Å². The Bertz CT molecular complexity index is 292. The predicted molar refractivity (Wildman–Crippen MR) is 72.2 cm³/mol. The Balaban J connectivity index is 4.65. The fourth-order valence-electron chi connectivity index (χ4n) is 1.17. The molecule has 0 aromatic carbocycles. The predicted octanol–water partition coefficient (Wildman–Crippen LogP) is 4.09. The zero-order chi connectivity index (χ0) is 13.9. The van der Waals surface area contributed by atoms with Gasteiger partial charge in [-0.3, -0.25) is 4.79 Å². The summed E-state index contributed by atoms with van der Waals surface area (Å²) in [4.78, 5) is 10.2. The summed E-state index contributed by atoms with van der Waals surface area (Å²) in [5, 5.41) is 0.133. The van der Waals surface area contributed by atoms with E-state index in [1.54, 1.807) is 0 Å². The number of carbonyl (C=O) groups excluding carboxylic acids is 1. The van der Waals surface area contributed by atoms with E-state index in [1.165, 1.54) is 6.08 Å². The molecule has 0 amide bonds. The Morgan fingerprint density at radius 3 is 2.12 bits per heavy atom. The van der Waals surface area contributed by atoms with Crippen molar-refractivity contribution in [1.29, 1.82) is 0 Å². The van der Waals surface area contributed by atoms with Gasteiger partial charge in [-0.15, -0.1) is 0 Å². The first-order chi connectivity index (χ1) is 7.51. The Morgan fingerprint density at radius 1 is 1.29 bits per heavy atom. The van der Waals surface area contributed by atoms with Crippen molar-refractivity contribution in [3.05, 3.63) is 11.9 Å². The van der Waals surface area contributed by atoms with Gasteiger partial charge in [-0.25, -0.2) is 4.39 Å². The molecule has 0 saturated carbocycles. The molecule has 0 aromatic rings. The molecule has 100 valence electrons. The van der Waals surface area contributed by atoms with E-state index in [4.69, 9.17) is 4.43 Å². The molecule has 2 atom stereocenters. The number of hydrogen-bond acceptors (Lipinski definition) is 2. The first-order valence-corrected chi connectivity index (χ1v) is 8.92. The van der Waals surface area contributed by atoms with Gasteiger partial charge >= 0.3 is 0 Å². The summed E-state index contributed by atoms with van der Waals surface area (Å²) in [7, 11) is -1.83. The van der Waals surface area contributed by atoms with Crippen molar-refractivity contribution in [2.24, 2.45) is 5.92 Å². The van der Waals surface area contributed by atoms with Crippen LogP contribution in [-0.2, 0) is 9.22 Å². The average Bonchev–Trinajstić information content (AvgIpc) is 2.14. The molecule has 0 aromatic heterocycles. The van der Waals surface area contributed by atoms with Crippen molar-refractivity contribution in [2.45, 2.75) is 58.9 Å². The van der Waals surface area contributed by atoms with Crippen LogP contribution >= 0.6 is 0 Å². The van der Waals surface area contributed by atoms with E-state index in [-0.39, 0.29) is 23.3 Å². The van der Waals surface area contributed by atoms with Gasteiger partial charge < -0.3 is 4.43 Å². The van der Waals surface area contributed by atoms with Gasteiger partial charge in [-0.05, 0) is 31.1 Å². The highest BCUT2D eigenvalue weighted by Crippen LogP contribution is 2.38. The molecule has 0 aliphatic heterocycles. The number of allylic oxidation sites excluding steroid dienone is 1. The lowest BCUT2D eigenvalue weighted by atomic mass is 10.1. The molecule has 0 rings (SSSR count). The number of carbonyl (C=O) groups is 1. The molecule has 0 bridgehead atoms. The van der Waals surface area contributed by atoms with E-state index in [9.17, 15) is 9.18 Å². The zero-order valence-corrected chi connectivity index (χ0v) is 13.0. The van der Waals surface area contributed by atoms with Gasteiger partial charge in [0, 0.05) is 12.0 Å². The molecular formula is C13H25FO2Si. The van der Waals surface area contributed by atoms with Crippen LogP contribution < -0.4 is 0 Å². The first kappa shape index (κ1) is 16.5. The molecular weight excluding hydrogens is 235 g/mol. The molecule has 0 unspecified atom stereocenters.